The van der Waals surface area contributed by atoms with Gasteiger partial charge in [-0.15, -0.1) is 0 Å². The Balaban J connectivity index is 1.41. The fraction of sp³-hybridized carbons (Fsp3) is 0.136. The summed E-state index contributed by atoms with van der Waals surface area (Å²) in [6.45, 7) is 0. The number of amides is 1. The Morgan fingerprint density at radius 2 is 1.75 bits per heavy atom. The predicted molar refractivity (Wildman–Crippen MR) is 112 cm³/mol. The molecule has 140 valence electrons. The van der Waals surface area contributed by atoms with Crippen molar-refractivity contribution in [2.45, 2.75) is 6.42 Å². The zero-order valence-corrected chi connectivity index (χ0v) is 15.8. The van der Waals surface area contributed by atoms with Gasteiger partial charge in [-0.25, -0.2) is 9.50 Å². The zero-order chi connectivity index (χ0) is 19.5. The maximum Gasteiger partial charge on any atom is 0.228 e. The van der Waals surface area contributed by atoms with Gasteiger partial charge in [0.2, 0.25) is 5.91 Å². The van der Waals surface area contributed by atoms with E-state index in [9.17, 15) is 4.79 Å². The molecule has 1 N–H and O–H groups in total. The van der Waals surface area contributed by atoms with E-state index in [1.54, 1.807) is 4.52 Å². The number of hydrogen-bond donors (Lipinski definition) is 1. The largest absolute Gasteiger partial charge is 0.378 e. The topological polar surface area (TPSA) is 62.5 Å². The van der Waals surface area contributed by atoms with Gasteiger partial charge in [0.25, 0.3) is 0 Å². The number of benzene rings is 2. The smallest absolute Gasteiger partial charge is 0.228 e. The summed E-state index contributed by atoms with van der Waals surface area (Å²) in [6, 6.07) is 19.8. The Hall–Kier alpha value is -3.67. The molecule has 0 atom stereocenters. The number of pyridine rings is 1. The highest BCUT2D eigenvalue weighted by atomic mass is 16.1. The highest BCUT2D eigenvalue weighted by Crippen LogP contribution is 2.21. The highest BCUT2D eigenvalue weighted by Gasteiger charge is 2.06. The number of hydrogen-bond acceptors (Lipinski definition) is 4. The van der Waals surface area contributed by atoms with Gasteiger partial charge in [0, 0.05) is 31.7 Å². The number of carbonyl (C=O) groups is 1. The minimum Gasteiger partial charge on any atom is -0.378 e. The van der Waals surface area contributed by atoms with Crippen molar-refractivity contribution in [3.8, 4) is 11.1 Å². The summed E-state index contributed by atoms with van der Waals surface area (Å²) >= 11 is 0. The average Bonchev–Trinajstić information content (AvgIpc) is 3.17. The van der Waals surface area contributed by atoms with E-state index in [-0.39, 0.29) is 5.91 Å². The summed E-state index contributed by atoms with van der Waals surface area (Å²) in [5, 5.41) is 7.05. The highest BCUT2D eigenvalue weighted by molar-refractivity contribution is 5.92. The molecule has 4 aromatic rings. The van der Waals surface area contributed by atoms with Crippen molar-refractivity contribution in [1.29, 1.82) is 0 Å². The summed E-state index contributed by atoms with van der Waals surface area (Å²) in [4.78, 5) is 18.6. The van der Waals surface area contributed by atoms with Crippen molar-refractivity contribution in [3.05, 3.63) is 78.8 Å². The van der Waals surface area contributed by atoms with E-state index in [1.165, 1.54) is 6.33 Å². The lowest BCUT2D eigenvalue weighted by Gasteiger charge is -2.13. The van der Waals surface area contributed by atoms with E-state index in [4.69, 9.17) is 0 Å². The van der Waals surface area contributed by atoms with Crippen LogP contribution in [0, 0.1) is 0 Å². The van der Waals surface area contributed by atoms with E-state index < -0.39 is 0 Å². The molecule has 2 heterocycles. The first-order valence-electron chi connectivity index (χ1n) is 9.04. The summed E-state index contributed by atoms with van der Waals surface area (Å²) in [5.74, 6) is -0.0322. The molecule has 0 radical (unpaired) electrons. The first-order valence-corrected chi connectivity index (χ1v) is 9.04. The van der Waals surface area contributed by atoms with Crippen molar-refractivity contribution in [2.24, 2.45) is 0 Å². The van der Waals surface area contributed by atoms with Crippen LogP contribution in [0.15, 0.2) is 73.2 Å². The second kappa shape index (κ2) is 7.52. The predicted octanol–water partition coefficient (Wildman–Crippen LogP) is 3.64. The summed E-state index contributed by atoms with van der Waals surface area (Å²) in [5.41, 5.74) is 5.81. The number of carbonyl (C=O) groups excluding carboxylic acids is 1. The number of anilines is 2. The molecular weight excluding hydrogens is 350 g/mol. The third-order valence-electron chi connectivity index (χ3n) is 4.60. The molecule has 0 aliphatic carbocycles. The van der Waals surface area contributed by atoms with Crippen LogP contribution in [0.5, 0.6) is 0 Å². The molecule has 0 aliphatic heterocycles. The molecule has 2 aromatic carbocycles. The summed E-state index contributed by atoms with van der Waals surface area (Å²) in [7, 11) is 3.98. The lowest BCUT2D eigenvalue weighted by Crippen LogP contribution is -2.14. The number of nitrogens with zero attached hydrogens (tertiary/aromatic N) is 4. The molecule has 0 fully saturated rings. The van der Waals surface area contributed by atoms with Crippen molar-refractivity contribution < 1.29 is 4.79 Å². The van der Waals surface area contributed by atoms with Crippen LogP contribution >= 0.6 is 0 Å². The molecule has 4 rings (SSSR count). The number of aromatic nitrogens is 3. The molecule has 0 saturated carbocycles. The molecule has 0 aliphatic rings. The number of fused-ring (bicyclic) bond motifs is 1. The van der Waals surface area contributed by atoms with Gasteiger partial charge in [-0.05, 0) is 53.1 Å². The molecule has 28 heavy (non-hydrogen) atoms. The fourth-order valence-corrected chi connectivity index (χ4v) is 3.04. The molecule has 1 amide bonds. The lowest BCUT2D eigenvalue weighted by molar-refractivity contribution is -0.115. The molecule has 6 heteroatoms. The number of nitrogens with one attached hydrogen (secondary N) is 1. The molecule has 0 unspecified atom stereocenters. The van der Waals surface area contributed by atoms with Gasteiger partial charge in [0.05, 0.1) is 6.42 Å². The van der Waals surface area contributed by atoms with Crippen LogP contribution in [0.2, 0.25) is 0 Å². The zero-order valence-electron chi connectivity index (χ0n) is 15.8. The lowest BCUT2D eigenvalue weighted by atomic mass is 10.0. The van der Waals surface area contributed by atoms with Crippen LogP contribution in [0.1, 0.15) is 5.56 Å². The van der Waals surface area contributed by atoms with E-state index >= 15 is 0 Å². The third-order valence-corrected chi connectivity index (χ3v) is 4.60. The van der Waals surface area contributed by atoms with Gasteiger partial charge < -0.3 is 10.2 Å². The van der Waals surface area contributed by atoms with Gasteiger partial charge >= 0.3 is 0 Å². The van der Waals surface area contributed by atoms with E-state index in [1.807, 2.05) is 85.9 Å². The second-order valence-electron chi connectivity index (χ2n) is 6.84. The Bertz CT molecular complexity index is 1100. The fourth-order valence-electron chi connectivity index (χ4n) is 3.04. The Morgan fingerprint density at radius 3 is 2.46 bits per heavy atom. The van der Waals surface area contributed by atoms with Crippen LogP contribution in [0.3, 0.4) is 0 Å². The molecule has 2 aromatic heterocycles. The van der Waals surface area contributed by atoms with Crippen molar-refractivity contribution in [3.63, 3.8) is 0 Å². The van der Waals surface area contributed by atoms with Crippen LogP contribution in [0.4, 0.5) is 11.4 Å². The van der Waals surface area contributed by atoms with Crippen LogP contribution in [-0.4, -0.2) is 34.6 Å². The van der Waals surface area contributed by atoms with Gasteiger partial charge in [-0.3, -0.25) is 4.79 Å². The Labute approximate surface area is 163 Å². The van der Waals surface area contributed by atoms with E-state index in [0.717, 1.165) is 33.7 Å². The maximum atomic E-state index is 12.3. The number of rotatable bonds is 5. The summed E-state index contributed by atoms with van der Waals surface area (Å²) < 4.78 is 1.73. The average molecular weight is 371 g/mol. The van der Waals surface area contributed by atoms with Crippen LogP contribution in [0.25, 0.3) is 16.8 Å². The molecular formula is C22H21N5O. The van der Waals surface area contributed by atoms with Gasteiger partial charge in [0.1, 0.15) is 6.33 Å². The second-order valence-corrected chi connectivity index (χ2v) is 6.84. The molecule has 0 bridgehead atoms. The summed E-state index contributed by atoms with van der Waals surface area (Å²) in [6.07, 6.45) is 3.76. The molecule has 0 spiro atoms. The van der Waals surface area contributed by atoms with Gasteiger partial charge in [-0.2, -0.15) is 5.10 Å². The minimum absolute atomic E-state index is 0.0322. The third kappa shape index (κ3) is 3.86. The van der Waals surface area contributed by atoms with E-state index in [0.29, 0.717) is 6.42 Å². The van der Waals surface area contributed by atoms with Crippen molar-refractivity contribution in [2.75, 3.05) is 24.3 Å². The standard InChI is InChI=1S/C22H21N5O/c1-26(2)20-9-7-19(8-10-20)25-22(28)13-16-3-5-17(6-4-16)18-11-12-27-21(14-18)23-15-24-27/h3-12,14-15H,13H2,1-2H3,(H,25,28). The Kier molecular flexibility index (Phi) is 4.76. The molecule has 0 saturated heterocycles. The maximum absolute atomic E-state index is 12.3. The van der Waals surface area contributed by atoms with Crippen molar-refractivity contribution in [1.82, 2.24) is 14.6 Å². The Morgan fingerprint density at radius 1 is 1.00 bits per heavy atom. The minimum atomic E-state index is -0.0322. The van der Waals surface area contributed by atoms with E-state index in [2.05, 4.69) is 15.4 Å². The quantitative estimate of drug-likeness (QED) is 0.582. The molecule has 6 nitrogen and oxygen atoms in total. The van der Waals surface area contributed by atoms with Gasteiger partial charge in [0.15, 0.2) is 5.65 Å². The monoisotopic (exact) mass is 371 g/mol. The first-order chi connectivity index (χ1) is 13.6. The normalized spacial score (nSPS) is 10.8. The first kappa shape index (κ1) is 17.7. The van der Waals surface area contributed by atoms with Crippen LogP contribution in [-0.2, 0) is 11.2 Å². The van der Waals surface area contributed by atoms with Gasteiger partial charge in [-0.1, -0.05) is 24.3 Å². The van der Waals surface area contributed by atoms with Crippen LogP contribution < -0.4 is 10.2 Å². The van der Waals surface area contributed by atoms with Crippen molar-refractivity contribution >= 4 is 22.9 Å². The SMILES string of the molecule is CN(C)c1ccc(NC(=O)Cc2ccc(-c3ccn4ncnc4c3)cc2)cc1.